The molecule has 4 rings (SSSR count). The molecule has 4 heterocycles. The Morgan fingerprint density at radius 1 is 1.30 bits per heavy atom. The zero-order chi connectivity index (χ0) is 15.5. The Hall–Kier alpha value is -1.83. The van der Waals surface area contributed by atoms with Crippen molar-refractivity contribution >= 4 is 0 Å². The fraction of sp³-hybridized carbons (Fsp3) is 0.562. The first-order valence-electron chi connectivity index (χ1n) is 8.12. The van der Waals surface area contributed by atoms with Crippen LogP contribution in [0, 0.1) is 5.92 Å². The predicted octanol–water partition coefficient (Wildman–Crippen LogP) is 0.865. The van der Waals surface area contributed by atoms with E-state index in [0.717, 1.165) is 56.3 Å². The number of hydrogen-bond donors (Lipinski definition) is 1. The molecule has 0 aromatic carbocycles. The highest BCUT2D eigenvalue weighted by Gasteiger charge is 2.23. The van der Waals surface area contributed by atoms with Crippen molar-refractivity contribution in [1.29, 1.82) is 0 Å². The lowest BCUT2D eigenvalue weighted by Crippen LogP contribution is -2.36. The van der Waals surface area contributed by atoms with Crippen LogP contribution in [0.2, 0.25) is 0 Å². The Labute approximate surface area is 135 Å². The smallest absolute Gasteiger partial charge is 0.120 e. The van der Waals surface area contributed by atoms with Crippen LogP contribution in [0.15, 0.2) is 24.5 Å². The minimum absolute atomic E-state index is 0.389. The number of aromatic nitrogens is 4. The summed E-state index contributed by atoms with van der Waals surface area (Å²) in [6.07, 6.45) is 4.67. The molecule has 7 heteroatoms. The highest BCUT2D eigenvalue weighted by atomic mass is 16.5. The van der Waals surface area contributed by atoms with Gasteiger partial charge in [-0.05, 0) is 18.6 Å². The van der Waals surface area contributed by atoms with Crippen molar-refractivity contribution in [2.45, 2.75) is 25.6 Å². The van der Waals surface area contributed by atoms with Crippen molar-refractivity contribution in [2.24, 2.45) is 5.92 Å². The van der Waals surface area contributed by atoms with Crippen LogP contribution in [0.25, 0.3) is 11.3 Å². The number of pyridine rings is 1. The molecule has 0 saturated carbocycles. The van der Waals surface area contributed by atoms with Gasteiger partial charge < -0.3 is 14.8 Å². The van der Waals surface area contributed by atoms with Gasteiger partial charge in [0, 0.05) is 49.6 Å². The second-order valence-electron chi connectivity index (χ2n) is 6.16. The van der Waals surface area contributed by atoms with E-state index in [1.165, 1.54) is 0 Å². The molecule has 2 aliphatic heterocycles. The van der Waals surface area contributed by atoms with Gasteiger partial charge in [-0.25, -0.2) is 4.68 Å². The number of hydrogen-bond acceptors (Lipinski definition) is 6. The van der Waals surface area contributed by atoms with Crippen LogP contribution < -0.4 is 5.32 Å². The van der Waals surface area contributed by atoms with Gasteiger partial charge in [0.2, 0.25) is 0 Å². The van der Waals surface area contributed by atoms with E-state index in [1.54, 1.807) is 6.20 Å². The maximum atomic E-state index is 5.88. The molecule has 2 unspecified atom stereocenters. The highest BCUT2D eigenvalue weighted by molar-refractivity contribution is 5.59. The van der Waals surface area contributed by atoms with Crippen molar-refractivity contribution in [3.8, 4) is 11.3 Å². The lowest BCUT2D eigenvalue weighted by molar-refractivity contribution is 0.0928. The summed E-state index contributed by atoms with van der Waals surface area (Å²) in [5.41, 5.74) is 2.89. The van der Waals surface area contributed by atoms with E-state index in [1.807, 2.05) is 23.0 Å². The topological polar surface area (TPSA) is 74.1 Å². The Morgan fingerprint density at radius 2 is 2.30 bits per heavy atom. The molecule has 2 atom stereocenters. The monoisotopic (exact) mass is 315 g/mol. The molecule has 23 heavy (non-hydrogen) atoms. The SMILES string of the molecule is c1cncc(-c2nnn3c2COCC(CNC2CCOC2)C3)c1. The van der Waals surface area contributed by atoms with Crippen LogP contribution in [0.4, 0.5) is 0 Å². The summed E-state index contributed by atoms with van der Waals surface area (Å²) < 4.78 is 13.3. The quantitative estimate of drug-likeness (QED) is 0.902. The maximum absolute atomic E-state index is 5.88. The second kappa shape index (κ2) is 6.74. The molecule has 7 nitrogen and oxygen atoms in total. The molecule has 1 fully saturated rings. The fourth-order valence-electron chi connectivity index (χ4n) is 3.12. The predicted molar refractivity (Wildman–Crippen MR) is 83.6 cm³/mol. The Bertz CT molecular complexity index is 639. The molecule has 0 spiro atoms. The minimum Gasteiger partial charge on any atom is -0.380 e. The lowest BCUT2D eigenvalue weighted by Gasteiger charge is -2.17. The fourth-order valence-corrected chi connectivity index (χ4v) is 3.12. The van der Waals surface area contributed by atoms with Crippen molar-refractivity contribution in [1.82, 2.24) is 25.3 Å². The van der Waals surface area contributed by atoms with Gasteiger partial charge in [-0.3, -0.25) is 4.98 Å². The van der Waals surface area contributed by atoms with E-state index in [4.69, 9.17) is 9.47 Å². The van der Waals surface area contributed by atoms with E-state index in [0.29, 0.717) is 18.6 Å². The zero-order valence-corrected chi connectivity index (χ0v) is 13.0. The van der Waals surface area contributed by atoms with Crippen molar-refractivity contribution in [3.05, 3.63) is 30.2 Å². The molecular formula is C16H21N5O2. The van der Waals surface area contributed by atoms with E-state index in [2.05, 4.69) is 20.6 Å². The summed E-state index contributed by atoms with van der Waals surface area (Å²) in [5.74, 6) is 0.389. The summed E-state index contributed by atoms with van der Waals surface area (Å²) in [6.45, 7) is 4.68. The molecule has 1 N–H and O–H groups in total. The molecule has 1 saturated heterocycles. The molecule has 0 radical (unpaired) electrons. The maximum Gasteiger partial charge on any atom is 0.120 e. The average Bonchev–Trinajstić information content (AvgIpc) is 3.20. The molecule has 2 aromatic heterocycles. The number of nitrogens with zero attached hydrogens (tertiary/aromatic N) is 4. The third-order valence-corrected chi connectivity index (χ3v) is 4.42. The standard InChI is InChI=1S/C16H21N5O2/c1-2-13(7-17-4-1)16-15-11-23-9-12(8-21(15)20-19-16)6-18-14-3-5-22-10-14/h1-2,4,7,12,14,18H,3,5-6,8-11H2. The van der Waals surface area contributed by atoms with Gasteiger partial charge >= 0.3 is 0 Å². The van der Waals surface area contributed by atoms with Gasteiger partial charge in [-0.15, -0.1) is 5.10 Å². The van der Waals surface area contributed by atoms with Crippen molar-refractivity contribution in [3.63, 3.8) is 0 Å². The third kappa shape index (κ3) is 3.26. The van der Waals surface area contributed by atoms with Crippen LogP contribution >= 0.6 is 0 Å². The zero-order valence-electron chi connectivity index (χ0n) is 13.0. The second-order valence-corrected chi connectivity index (χ2v) is 6.16. The van der Waals surface area contributed by atoms with Gasteiger partial charge in [0.05, 0.1) is 25.5 Å². The Kier molecular flexibility index (Phi) is 4.32. The summed E-state index contributed by atoms with van der Waals surface area (Å²) in [4.78, 5) is 4.16. The molecule has 2 aromatic rings. The molecule has 0 bridgehead atoms. The van der Waals surface area contributed by atoms with Gasteiger partial charge in [-0.2, -0.15) is 0 Å². The van der Waals surface area contributed by atoms with Gasteiger partial charge in [0.1, 0.15) is 5.69 Å². The molecule has 0 amide bonds. The molecule has 122 valence electrons. The normalized spacial score (nSPS) is 24.3. The number of rotatable bonds is 4. The summed E-state index contributed by atoms with van der Waals surface area (Å²) in [6, 6.07) is 4.39. The number of fused-ring (bicyclic) bond motifs is 1. The molecular weight excluding hydrogens is 294 g/mol. The largest absolute Gasteiger partial charge is 0.380 e. The van der Waals surface area contributed by atoms with Crippen LogP contribution in [0.1, 0.15) is 12.1 Å². The number of nitrogens with one attached hydrogen (secondary N) is 1. The average molecular weight is 315 g/mol. The van der Waals surface area contributed by atoms with E-state index >= 15 is 0 Å². The first kappa shape index (κ1) is 14.7. The van der Waals surface area contributed by atoms with Crippen molar-refractivity contribution in [2.75, 3.05) is 26.4 Å². The van der Waals surface area contributed by atoms with E-state index in [-0.39, 0.29) is 0 Å². The third-order valence-electron chi connectivity index (χ3n) is 4.42. The highest BCUT2D eigenvalue weighted by Crippen LogP contribution is 2.23. The van der Waals surface area contributed by atoms with E-state index in [9.17, 15) is 0 Å². The van der Waals surface area contributed by atoms with Crippen LogP contribution in [-0.2, 0) is 22.6 Å². The van der Waals surface area contributed by atoms with Gasteiger partial charge in [0.15, 0.2) is 0 Å². The summed E-state index contributed by atoms with van der Waals surface area (Å²) in [5, 5.41) is 12.2. The Balaban J connectivity index is 1.46. The first-order valence-corrected chi connectivity index (χ1v) is 8.12. The number of ether oxygens (including phenoxy) is 2. The lowest BCUT2D eigenvalue weighted by atomic mass is 10.1. The van der Waals surface area contributed by atoms with E-state index < -0.39 is 0 Å². The first-order chi connectivity index (χ1) is 11.4. The summed E-state index contributed by atoms with van der Waals surface area (Å²) >= 11 is 0. The van der Waals surface area contributed by atoms with Gasteiger partial charge in [0.25, 0.3) is 0 Å². The van der Waals surface area contributed by atoms with Crippen LogP contribution in [0.3, 0.4) is 0 Å². The molecule has 0 aliphatic carbocycles. The van der Waals surface area contributed by atoms with Crippen LogP contribution in [0.5, 0.6) is 0 Å². The van der Waals surface area contributed by atoms with Gasteiger partial charge in [-0.1, -0.05) is 5.21 Å². The molecule has 2 aliphatic rings. The van der Waals surface area contributed by atoms with Crippen LogP contribution in [-0.4, -0.2) is 52.4 Å². The summed E-state index contributed by atoms with van der Waals surface area (Å²) in [7, 11) is 0. The van der Waals surface area contributed by atoms with Crippen molar-refractivity contribution < 1.29 is 9.47 Å². The Morgan fingerprint density at radius 3 is 3.13 bits per heavy atom. The minimum atomic E-state index is 0.389.